The van der Waals surface area contributed by atoms with Crippen LogP contribution in [-0.4, -0.2) is 92.8 Å². The van der Waals surface area contributed by atoms with Gasteiger partial charge in [-0.05, 0) is 0 Å². The van der Waals surface area contributed by atoms with Gasteiger partial charge in [-0.25, -0.2) is 0 Å². The summed E-state index contributed by atoms with van der Waals surface area (Å²) < 4.78 is 36.7. The summed E-state index contributed by atoms with van der Waals surface area (Å²) in [6.07, 6.45) is -2.20. The first-order chi connectivity index (χ1) is 20.0. The number of carbonyl (C=O) groups is 1. The number of hydrogen-bond acceptors (Lipinski definition) is 9. The molecular weight excluding hydrogens is 609 g/mol. The molecule has 2 aromatic carbocycles. The third-order valence-corrected chi connectivity index (χ3v) is 11.2. The van der Waals surface area contributed by atoms with Crippen molar-refractivity contribution in [1.29, 1.82) is 0 Å². The maximum absolute atomic E-state index is 12.4. The molecule has 3 fully saturated rings. The van der Waals surface area contributed by atoms with Gasteiger partial charge in [-0.1, -0.05) is 0 Å². The first-order valence-electron chi connectivity index (χ1n) is 14.3. The summed E-state index contributed by atoms with van der Waals surface area (Å²) in [5.41, 5.74) is 0.895. The molecule has 10 nitrogen and oxygen atoms in total. The molecule has 230 valence electrons. The Labute approximate surface area is 253 Å². The quantitative estimate of drug-likeness (QED) is 0.263. The minimum atomic E-state index is -1.98. The zero-order chi connectivity index (χ0) is 30.0. The fourth-order valence-electron chi connectivity index (χ4n) is 5.88. The number of amides is 1. The summed E-state index contributed by atoms with van der Waals surface area (Å²) in [6, 6.07) is 19.3. The molecule has 3 saturated heterocycles. The summed E-state index contributed by atoms with van der Waals surface area (Å²) in [6.45, 7) is 7.36. The van der Waals surface area contributed by atoms with Crippen LogP contribution in [0.1, 0.15) is 46.1 Å². The number of nitrogens with one attached hydrogen (secondary N) is 1. The summed E-state index contributed by atoms with van der Waals surface area (Å²) in [4.78, 5) is 12.4. The Morgan fingerprint density at radius 3 is 2.29 bits per heavy atom. The Morgan fingerprint density at radius 1 is 0.952 bits per heavy atom. The van der Waals surface area contributed by atoms with Gasteiger partial charge in [0.2, 0.25) is 0 Å². The molecule has 0 spiro atoms. The van der Waals surface area contributed by atoms with Gasteiger partial charge in [0.15, 0.2) is 0 Å². The number of aliphatic hydroxyl groups is 2. The van der Waals surface area contributed by atoms with E-state index in [2.05, 4.69) is 5.32 Å². The van der Waals surface area contributed by atoms with E-state index in [0.717, 1.165) is 10.0 Å². The number of alkyl carbamates (subject to hydrolysis) is 1. The molecule has 3 aliphatic heterocycles. The first-order valence-corrected chi connectivity index (χ1v) is 16.0. The van der Waals surface area contributed by atoms with Gasteiger partial charge in [-0.15, -0.1) is 0 Å². The summed E-state index contributed by atoms with van der Waals surface area (Å²) in [5.74, 6) is -3.77. The van der Waals surface area contributed by atoms with Crippen molar-refractivity contribution in [2.24, 2.45) is 0 Å². The second-order valence-corrected chi connectivity index (χ2v) is 14.8. The zero-order valence-electron chi connectivity index (χ0n) is 24.5. The van der Waals surface area contributed by atoms with E-state index in [9.17, 15) is 15.0 Å². The van der Waals surface area contributed by atoms with E-state index < -0.39 is 73.7 Å². The van der Waals surface area contributed by atoms with Crippen molar-refractivity contribution in [2.45, 2.75) is 93.2 Å². The molecule has 3 N–H and O–H groups in total. The molecule has 11 heteroatoms. The van der Waals surface area contributed by atoms with Crippen molar-refractivity contribution in [2.75, 3.05) is 19.8 Å². The maximum atomic E-state index is 12.4. The van der Waals surface area contributed by atoms with E-state index in [4.69, 9.17) is 28.4 Å². The topological polar surface area (TPSA) is 125 Å². The number of ether oxygens (including phenoxy) is 6. The summed E-state index contributed by atoms with van der Waals surface area (Å²) in [5, 5.41) is 25.8. The number of benzene rings is 2. The predicted molar refractivity (Wildman–Crippen MR) is 154 cm³/mol. The SMILES string of the molecule is CC1(C)OC[C@H]([C@H]2O[C@@](O)(CO)C(CCCNC(=O)OCc3ccccc3)([Se]c3ccccc3)[C@H]3OC(C)(C)O[C@@H]23)O1. The number of aliphatic hydroxyl groups excluding tert-OH is 1. The number of hydrogen-bond donors (Lipinski definition) is 3. The van der Waals surface area contributed by atoms with Gasteiger partial charge in [0, 0.05) is 0 Å². The molecule has 0 aromatic heterocycles. The van der Waals surface area contributed by atoms with Crippen LogP contribution in [-0.2, 0) is 35.0 Å². The van der Waals surface area contributed by atoms with Crippen molar-refractivity contribution in [3.63, 3.8) is 0 Å². The predicted octanol–water partition coefficient (Wildman–Crippen LogP) is 2.63. The Bertz CT molecular complexity index is 1200. The fourth-order valence-corrected chi connectivity index (χ4v) is 9.09. The van der Waals surface area contributed by atoms with Crippen LogP contribution >= 0.6 is 0 Å². The number of fused-ring (bicyclic) bond motifs is 1. The Hall–Kier alpha value is -2.05. The third-order valence-electron chi connectivity index (χ3n) is 7.77. The van der Waals surface area contributed by atoms with E-state index in [0.29, 0.717) is 19.4 Å². The van der Waals surface area contributed by atoms with Crippen molar-refractivity contribution in [1.82, 2.24) is 5.32 Å². The van der Waals surface area contributed by atoms with Gasteiger partial charge >= 0.3 is 253 Å². The van der Waals surface area contributed by atoms with Crippen LogP contribution in [0.2, 0.25) is 4.31 Å². The van der Waals surface area contributed by atoms with Crippen LogP contribution in [0.5, 0.6) is 0 Å². The molecule has 6 atom stereocenters. The Kier molecular flexibility index (Phi) is 9.35. The number of rotatable bonds is 10. The molecule has 1 amide bonds. The average molecular weight is 651 g/mol. The van der Waals surface area contributed by atoms with E-state index in [1.807, 2.05) is 88.4 Å². The van der Waals surface area contributed by atoms with Crippen LogP contribution in [0.3, 0.4) is 0 Å². The molecule has 0 aliphatic carbocycles. The minimum absolute atomic E-state index is 0.168. The molecule has 3 aliphatic rings. The third kappa shape index (κ3) is 6.70. The van der Waals surface area contributed by atoms with Gasteiger partial charge < -0.3 is 0 Å². The van der Waals surface area contributed by atoms with Crippen LogP contribution in [0.25, 0.3) is 0 Å². The van der Waals surface area contributed by atoms with Crippen LogP contribution in [0.15, 0.2) is 60.7 Å². The first kappa shape index (κ1) is 31.4. The molecule has 0 bridgehead atoms. The molecular formula is C31H41NO9Se. The van der Waals surface area contributed by atoms with E-state index in [1.54, 1.807) is 0 Å². The van der Waals surface area contributed by atoms with Gasteiger partial charge in [0.05, 0.1) is 0 Å². The Morgan fingerprint density at radius 2 is 1.64 bits per heavy atom. The molecule has 2 aromatic rings. The van der Waals surface area contributed by atoms with Crippen molar-refractivity contribution < 1.29 is 43.4 Å². The molecule has 42 heavy (non-hydrogen) atoms. The van der Waals surface area contributed by atoms with Gasteiger partial charge in [0.1, 0.15) is 0 Å². The standard InChI is InChI=1S/C31H41NO9Se/c1-28(2)37-19-23(38-28)24-25-26(41-29(3,4)39-25)30(31(35,20-33)40-24,42-22-14-9-6-10-15-22)16-11-17-32-27(34)36-18-21-12-7-5-8-13-21/h5-10,12-15,23-26,33,35H,11,16-20H2,1-4H3,(H,32,34)/t23-,24-,25+,26+,30?,31+/m1/s1. The van der Waals surface area contributed by atoms with Gasteiger partial charge in [0.25, 0.3) is 0 Å². The monoisotopic (exact) mass is 651 g/mol. The van der Waals surface area contributed by atoms with Crippen LogP contribution in [0, 0.1) is 0 Å². The molecule has 1 unspecified atom stereocenters. The van der Waals surface area contributed by atoms with Crippen LogP contribution < -0.4 is 9.78 Å². The van der Waals surface area contributed by atoms with Gasteiger partial charge in [-0.3, -0.25) is 0 Å². The molecule has 5 rings (SSSR count). The van der Waals surface area contributed by atoms with Crippen LogP contribution in [0.4, 0.5) is 4.79 Å². The van der Waals surface area contributed by atoms with E-state index in [-0.39, 0.29) is 13.2 Å². The zero-order valence-corrected chi connectivity index (χ0v) is 26.2. The fraction of sp³-hybridized carbons (Fsp3) is 0.581. The second kappa shape index (κ2) is 12.5. The van der Waals surface area contributed by atoms with E-state index >= 15 is 0 Å². The molecule has 3 heterocycles. The van der Waals surface area contributed by atoms with E-state index in [1.165, 1.54) is 0 Å². The Balaban J connectivity index is 1.38. The van der Waals surface area contributed by atoms with Crippen molar-refractivity contribution in [3.05, 3.63) is 66.2 Å². The van der Waals surface area contributed by atoms with Crippen molar-refractivity contribution in [3.8, 4) is 0 Å². The molecule has 0 saturated carbocycles. The summed E-state index contributed by atoms with van der Waals surface area (Å²) >= 11 is -0.441. The normalized spacial score (nSPS) is 33.2. The number of carbonyl (C=O) groups excluding carboxylic acids is 1. The second-order valence-electron chi connectivity index (χ2n) is 11.8. The summed E-state index contributed by atoms with van der Waals surface area (Å²) in [7, 11) is 0. The molecule has 0 radical (unpaired) electrons. The van der Waals surface area contributed by atoms with Crippen molar-refractivity contribution >= 4 is 25.5 Å². The average Bonchev–Trinajstić information content (AvgIpc) is 3.50. The van der Waals surface area contributed by atoms with Gasteiger partial charge in [-0.2, -0.15) is 0 Å².